The van der Waals surface area contributed by atoms with Gasteiger partial charge in [-0.05, 0) is 126 Å². The third kappa shape index (κ3) is 4.58. The van der Waals surface area contributed by atoms with Crippen LogP contribution in [0.4, 0.5) is 17.1 Å². The van der Waals surface area contributed by atoms with Crippen LogP contribution >= 0.6 is 0 Å². The van der Waals surface area contributed by atoms with Gasteiger partial charge in [0.2, 0.25) is 0 Å². The third-order valence-electron chi connectivity index (χ3n) is 10.2. The first-order chi connectivity index (χ1) is 20.2. The molecule has 0 spiro atoms. The highest BCUT2D eigenvalue weighted by Gasteiger charge is 2.51. The van der Waals surface area contributed by atoms with Crippen molar-refractivity contribution in [1.29, 1.82) is 0 Å². The summed E-state index contributed by atoms with van der Waals surface area (Å²) in [5, 5.41) is 0. The van der Waals surface area contributed by atoms with E-state index in [1.165, 1.54) is 77.8 Å². The number of hydrogen-bond acceptors (Lipinski definition) is 1. The fraction of sp³-hybridized carbons (Fsp3) is 0.250. The Morgan fingerprint density at radius 1 is 0.415 bits per heavy atom. The minimum absolute atomic E-state index is 0.380. The zero-order chi connectivity index (χ0) is 27.2. The summed E-state index contributed by atoms with van der Waals surface area (Å²) in [6, 6.07) is 49.1. The largest absolute Gasteiger partial charge is 0.310 e. The van der Waals surface area contributed by atoms with E-state index in [0.29, 0.717) is 5.41 Å². The Morgan fingerprint density at radius 2 is 0.854 bits per heavy atom. The van der Waals surface area contributed by atoms with Crippen molar-refractivity contribution in [3.05, 3.63) is 139 Å². The van der Waals surface area contributed by atoms with Crippen molar-refractivity contribution in [1.82, 2.24) is 0 Å². The van der Waals surface area contributed by atoms with Gasteiger partial charge in [-0.3, -0.25) is 0 Å². The molecule has 0 aliphatic heterocycles. The van der Waals surface area contributed by atoms with E-state index >= 15 is 0 Å². The summed E-state index contributed by atoms with van der Waals surface area (Å²) in [6.07, 6.45) is 8.60. The van der Waals surface area contributed by atoms with Crippen molar-refractivity contribution in [2.75, 3.05) is 4.90 Å². The van der Waals surface area contributed by atoms with Crippen LogP contribution in [0, 0.1) is 17.8 Å². The maximum atomic E-state index is 2.53. The normalized spacial score (nSPS) is 24.3. The molecule has 0 N–H and O–H groups in total. The minimum atomic E-state index is 0.380. The average molecular weight is 532 g/mol. The molecule has 1 heteroatoms. The Labute approximate surface area is 244 Å². The highest BCUT2D eigenvalue weighted by molar-refractivity contribution is 5.80. The summed E-state index contributed by atoms with van der Waals surface area (Å²) in [6.45, 7) is 0. The molecule has 0 heterocycles. The van der Waals surface area contributed by atoms with Gasteiger partial charge in [0.15, 0.2) is 0 Å². The molecule has 4 aliphatic carbocycles. The predicted molar refractivity (Wildman–Crippen MR) is 172 cm³/mol. The molecule has 0 saturated heterocycles. The fourth-order valence-electron chi connectivity index (χ4n) is 8.75. The van der Waals surface area contributed by atoms with Crippen LogP contribution in [0.15, 0.2) is 133 Å². The molecule has 4 aliphatic rings. The Morgan fingerprint density at radius 3 is 1.32 bits per heavy atom. The van der Waals surface area contributed by atoms with Gasteiger partial charge in [-0.25, -0.2) is 0 Å². The van der Waals surface area contributed by atoms with Crippen molar-refractivity contribution in [2.24, 2.45) is 17.8 Å². The number of hydrogen-bond donors (Lipinski definition) is 0. The Hall–Kier alpha value is -4.10. The summed E-state index contributed by atoms with van der Waals surface area (Å²) < 4.78 is 0. The Bertz CT molecular complexity index is 1520. The SMILES string of the molecule is c1ccc(-c2ccc(N(c3ccc(-c4ccccc4)cc3)c3cccc(C45CC6CC(CC(C6)C4)C5)c3)cc2)cc1. The van der Waals surface area contributed by atoms with Crippen LogP contribution in [-0.2, 0) is 5.41 Å². The lowest BCUT2D eigenvalue weighted by atomic mass is 9.48. The molecule has 9 rings (SSSR count). The van der Waals surface area contributed by atoms with Crippen molar-refractivity contribution < 1.29 is 0 Å². The topological polar surface area (TPSA) is 3.24 Å². The quantitative estimate of drug-likeness (QED) is 0.211. The fourth-order valence-corrected chi connectivity index (χ4v) is 8.75. The lowest BCUT2D eigenvalue weighted by Gasteiger charge is -2.57. The first kappa shape index (κ1) is 24.7. The highest BCUT2D eigenvalue weighted by Crippen LogP contribution is 2.61. The molecule has 0 aromatic heterocycles. The van der Waals surface area contributed by atoms with Gasteiger partial charge in [0.05, 0.1) is 0 Å². The second kappa shape index (κ2) is 10.1. The zero-order valence-electron chi connectivity index (χ0n) is 23.6. The minimum Gasteiger partial charge on any atom is -0.310 e. The standard InChI is InChI=1S/C40H37N/c1-3-8-32(9-4-1)34-14-18-37(19-15-34)41(38-20-16-35(17-21-38)33-10-5-2-6-11-33)39-13-7-12-36(25-39)40-26-29-22-30(27-40)24-31(23-29)28-40/h1-21,25,29-31H,22-24,26-28H2. The second-order valence-electron chi connectivity index (χ2n) is 12.9. The lowest BCUT2D eigenvalue weighted by Crippen LogP contribution is -2.48. The van der Waals surface area contributed by atoms with Crippen LogP contribution in [0.3, 0.4) is 0 Å². The summed E-state index contributed by atoms with van der Waals surface area (Å²) in [5.41, 5.74) is 10.6. The van der Waals surface area contributed by atoms with Gasteiger partial charge in [0, 0.05) is 17.1 Å². The van der Waals surface area contributed by atoms with E-state index in [-0.39, 0.29) is 0 Å². The van der Waals surface area contributed by atoms with E-state index < -0.39 is 0 Å². The number of benzene rings is 5. The number of nitrogens with zero attached hydrogens (tertiary/aromatic N) is 1. The number of anilines is 3. The van der Waals surface area contributed by atoms with Gasteiger partial charge >= 0.3 is 0 Å². The van der Waals surface area contributed by atoms with E-state index in [9.17, 15) is 0 Å². The molecule has 4 bridgehead atoms. The smallest absolute Gasteiger partial charge is 0.0464 e. The average Bonchev–Trinajstić information content (AvgIpc) is 3.02. The first-order valence-corrected chi connectivity index (χ1v) is 15.4. The maximum absolute atomic E-state index is 2.53. The molecule has 41 heavy (non-hydrogen) atoms. The van der Waals surface area contributed by atoms with Crippen LogP contribution in [0.25, 0.3) is 22.3 Å². The van der Waals surface area contributed by atoms with E-state index in [0.717, 1.165) is 17.8 Å². The molecule has 0 atom stereocenters. The number of rotatable bonds is 6. The molecule has 5 aromatic rings. The lowest BCUT2D eigenvalue weighted by molar-refractivity contribution is -0.00516. The Kier molecular flexibility index (Phi) is 6.06. The van der Waals surface area contributed by atoms with Gasteiger partial charge in [0.25, 0.3) is 0 Å². The van der Waals surface area contributed by atoms with Crippen molar-refractivity contribution in [2.45, 2.75) is 43.9 Å². The van der Waals surface area contributed by atoms with Crippen molar-refractivity contribution in [3.8, 4) is 22.3 Å². The summed E-state index contributed by atoms with van der Waals surface area (Å²) >= 11 is 0. The second-order valence-corrected chi connectivity index (χ2v) is 12.9. The first-order valence-electron chi connectivity index (χ1n) is 15.4. The van der Waals surface area contributed by atoms with Gasteiger partial charge in [-0.15, -0.1) is 0 Å². The molecule has 0 amide bonds. The molecule has 0 radical (unpaired) electrons. The van der Waals surface area contributed by atoms with E-state index in [1.807, 2.05) is 0 Å². The van der Waals surface area contributed by atoms with Crippen LogP contribution in [-0.4, -0.2) is 0 Å². The van der Waals surface area contributed by atoms with E-state index in [1.54, 1.807) is 5.56 Å². The molecule has 5 aromatic carbocycles. The summed E-state index contributed by atoms with van der Waals surface area (Å²) in [7, 11) is 0. The highest BCUT2D eigenvalue weighted by atomic mass is 15.1. The van der Waals surface area contributed by atoms with Crippen LogP contribution in [0.5, 0.6) is 0 Å². The molecule has 0 unspecified atom stereocenters. The van der Waals surface area contributed by atoms with Gasteiger partial charge < -0.3 is 4.90 Å². The zero-order valence-corrected chi connectivity index (χ0v) is 23.6. The maximum Gasteiger partial charge on any atom is 0.0464 e. The van der Waals surface area contributed by atoms with Crippen LogP contribution < -0.4 is 4.90 Å². The van der Waals surface area contributed by atoms with E-state index in [2.05, 4.69) is 138 Å². The summed E-state index contributed by atoms with van der Waals surface area (Å²) in [4.78, 5) is 2.45. The molecular weight excluding hydrogens is 494 g/mol. The summed E-state index contributed by atoms with van der Waals surface area (Å²) in [5.74, 6) is 2.83. The Balaban J connectivity index is 1.20. The predicted octanol–water partition coefficient (Wildman–Crippen LogP) is 11.0. The third-order valence-corrected chi connectivity index (χ3v) is 10.2. The monoisotopic (exact) mass is 531 g/mol. The van der Waals surface area contributed by atoms with Crippen molar-refractivity contribution in [3.63, 3.8) is 0 Å². The van der Waals surface area contributed by atoms with Crippen LogP contribution in [0.2, 0.25) is 0 Å². The molecule has 4 fully saturated rings. The van der Waals surface area contributed by atoms with Crippen molar-refractivity contribution >= 4 is 17.1 Å². The van der Waals surface area contributed by atoms with Gasteiger partial charge in [-0.1, -0.05) is 97.1 Å². The molecule has 202 valence electrons. The van der Waals surface area contributed by atoms with Crippen LogP contribution in [0.1, 0.15) is 44.1 Å². The molecule has 4 saturated carbocycles. The molecular formula is C40H37N. The van der Waals surface area contributed by atoms with Gasteiger partial charge in [0.1, 0.15) is 0 Å². The van der Waals surface area contributed by atoms with E-state index in [4.69, 9.17) is 0 Å². The molecule has 1 nitrogen and oxygen atoms in total. The van der Waals surface area contributed by atoms with Gasteiger partial charge in [-0.2, -0.15) is 0 Å².